The lowest BCUT2D eigenvalue weighted by Crippen LogP contribution is -1.98. The molecular formula is C14H14ClN3S. The number of hydrogen-bond acceptors (Lipinski definition) is 3. The maximum absolute atomic E-state index is 6.09. The van der Waals surface area contributed by atoms with Gasteiger partial charge in [0.2, 0.25) is 0 Å². The Morgan fingerprint density at radius 2 is 2.16 bits per heavy atom. The fourth-order valence-electron chi connectivity index (χ4n) is 2.21. The molecule has 2 aromatic heterocycles. The van der Waals surface area contributed by atoms with Gasteiger partial charge < -0.3 is 10.3 Å². The number of aromatic nitrogens is 2. The first kappa shape index (κ1) is 12.5. The van der Waals surface area contributed by atoms with Gasteiger partial charge in [-0.15, -0.1) is 11.3 Å². The average Bonchev–Trinajstić information content (AvgIpc) is 2.95. The zero-order valence-corrected chi connectivity index (χ0v) is 12.1. The molecule has 0 saturated carbocycles. The molecule has 0 aliphatic carbocycles. The third kappa shape index (κ3) is 2.22. The van der Waals surface area contributed by atoms with Gasteiger partial charge >= 0.3 is 0 Å². The zero-order chi connectivity index (χ0) is 13.4. The Kier molecular flexibility index (Phi) is 3.21. The third-order valence-electron chi connectivity index (χ3n) is 3.00. The van der Waals surface area contributed by atoms with Crippen molar-refractivity contribution in [3.8, 4) is 10.7 Å². The molecule has 0 aliphatic rings. The Morgan fingerprint density at radius 1 is 1.32 bits per heavy atom. The third-order valence-corrected chi connectivity index (χ3v) is 4.15. The van der Waals surface area contributed by atoms with E-state index in [0.717, 1.165) is 44.7 Å². The van der Waals surface area contributed by atoms with E-state index in [4.69, 9.17) is 22.3 Å². The molecule has 0 bridgehead atoms. The van der Waals surface area contributed by atoms with Gasteiger partial charge in [-0.2, -0.15) is 0 Å². The smallest absolute Gasteiger partial charge is 0.151 e. The summed E-state index contributed by atoms with van der Waals surface area (Å²) in [5.41, 5.74) is 7.87. The highest BCUT2D eigenvalue weighted by molar-refractivity contribution is 7.19. The van der Waals surface area contributed by atoms with Gasteiger partial charge in [-0.3, -0.25) is 0 Å². The van der Waals surface area contributed by atoms with E-state index in [2.05, 4.69) is 11.5 Å². The molecule has 1 aromatic carbocycles. The fraction of sp³-hybridized carbons (Fsp3) is 0.214. The number of nitrogen functional groups attached to an aromatic ring is 1. The van der Waals surface area contributed by atoms with Crippen LogP contribution in [0, 0.1) is 0 Å². The molecule has 3 rings (SSSR count). The summed E-state index contributed by atoms with van der Waals surface area (Å²) in [5.74, 6) is 0.973. The first-order valence-corrected chi connectivity index (χ1v) is 7.40. The van der Waals surface area contributed by atoms with Gasteiger partial charge in [0.15, 0.2) is 5.82 Å². The van der Waals surface area contributed by atoms with E-state index in [1.807, 2.05) is 30.3 Å². The SMILES string of the molecule is CCCn1c(-c2ccc(N)s2)nc2ccc(Cl)cc21. The van der Waals surface area contributed by atoms with E-state index in [1.54, 1.807) is 11.3 Å². The summed E-state index contributed by atoms with van der Waals surface area (Å²) in [6.07, 6.45) is 1.05. The molecule has 3 nitrogen and oxygen atoms in total. The number of aryl methyl sites for hydroxylation is 1. The van der Waals surface area contributed by atoms with Crippen LogP contribution in [0.25, 0.3) is 21.7 Å². The molecule has 19 heavy (non-hydrogen) atoms. The van der Waals surface area contributed by atoms with E-state index < -0.39 is 0 Å². The van der Waals surface area contributed by atoms with Crippen molar-refractivity contribution < 1.29 is 0 Å². The Hall–Kier alpha value is -1.52. The van der Waals surface area contributed by atoms with E-state index in [0.29, 0.717) is 0 Å². The number of anilines is 1. The number of fused-ring (bicyclic) bond motifs is 1. The molecule has 0 unspecified atom stereocenters. The van der Waals surface area contributed by atoms with Crippen molar-refractivity contribution in [2.24, 2.45) is 0 Å². The molecule has 5 heteroatoms. The summed E-state index contributed by atoms with van der Waals surface area (Å²) in [6.45, 7) is 3.08. The van der Waals surface area contributed by atoms with Crippen LogP contribution >= 0.6 is 22.9 Å². The van der Waals surface area contributed by atoms with Crippen molar-refractivity contribution in [1.82, 2.24) is 9.55 Å². The second kappa shape index (κ2) is 4.87. The lowest BCUT2D eigenvalue weighted by Gasteiger charge is -2.06. The maximum atomic E-state index is 6.09. The Balaban J connectivity index is 2.25. The van der Waals surface area contributed by atoms with Crippen molar-refractivity contribution in [2.75, 3.05) is 5.73 Å². The highest BCUT2D eigenvalue weighted by atomic mass is 35.5. The van der Waals surface area contributed by atoms with Crippen molar-refractivity contribution >= 4 is 39.0 Å². The number of thiophene rings is 1. The number of halogens is 1. The summed E-state index contributed by atoms with van der Waals surface area (Å²) in [5, 5.41) is 1.55. The van der Waals surface area contributed by atoms with Crippen molar-refractivity contribution in [1.29, 1.82) is 0 Å². The summed E-state index contributed by atoms with van der Waals surface area (Å²) in [4.78, 5) is 5.81. The summed E-state index contributed by atoms with van der Waals surface area (Å²) in [7, 11) is 0. The largest absolute Gasteiger partial charge is 0.391 e. The van der Waals surface area contributed by atoms with Gasteiger partial charge in [-0.25, -0.2) is 4.98 Å². The predicted molar refractivity (Wildman–Crippen MR) is 82.8 cm³/mol. The molecule has 0 fully saturated rings. The van der Waals surface area contributed by atoms with Crippen molar-refractivity contribution in [3.63, 3.8) is 0 Å². The van der Waals surface area contributed by atoms with Crippen LogP contribution in [0.1, 0.15) is 13.3 Å². The normalized spacial score (nSPS) is 11.3. The number of imidazole rings is 1. The molecule has 3 aromatic rings. The first-order chi connectivity index (χ1) is 9.19. The number of nitrogens with zero attached hydrogens (tertiary/aromatic N) is 2. The second-order valence-electron chi connectivity index (χ2n) is 4.42. The predicted octanol–water partition coefficient (Wildman–Crippen LogP) is 4.41. The van der Waals surface area contributed by atoms with Crippen LogP contribution in [-0.2, 0) is 6.54 Å². The van der Waals surface area contributed by atoms with E-state index in [-0.39, 0.29) is 0 Å². The quantitative estimate of drug-likeness (QED) is 0.777. The van der Waals surface area contributed by atoms with Crippen LogP contribution in [0.2, 0.25) is 5.02 Å². The van der Waals surface area contributed by atoms with Gasteiger partial charge in [-0.05, 0) is 36.8 Å². The Bertz CT molecular complexity index is 729. The average molecular weight is 292 g/mol. The van der Waals surface area contributed by atoms with E-state index in [1.165, 1.54) is 0 Å². The van der Waals surface area contributed by atoms with Gasteiger partial charge in [0.05, 0.1) is 20.9 Å². The van der Waals surface area contributed by atoms with Gasteiger partial charge in [0, 0.05) is 11.6 Å². The lowest BCUT2D eigenvalue weighted by atomic mass is 10.3. The number of nitrogens with two attached hydrogens (primary N) is 1. The summed E-state index contributed by atoms with van der Waals surface area (Å²) >= 11 is 7.65. The maximum Gasteiger partial charge on any atom is 0.151 e. The van der Waals surface area contributed by atoms with Gasteiger partial charge in [0.25, 0.3) is 0 Å². The van der Waals surface area contributed by atoms with E-state index in [9.17, 15) is 0 Å². The molecule has 0 aliphatic heterocycles. The highest BCUT2D eigenvalue weighted by Crippen LogP contribution is 2.32. The summed E-state index contributed by atoms with van der Waals surface area (Å²) in [6, 6.07) is 9.75. The van der Waals surface area contributed by atoms with Crippen LogP contribution in [0.5, 0.6) is 0 Å². The van der Waals surface area contributed by atoms with Crippen LogP contribution < -0.4 is 5.73 Å². The Morgan fingerprint density at radius 3 is 2.84 bits per heavy atom. The minimum Gasteiger partial charge on any atom is -0.391 e. The Labute approximate surface area is 120 Å². The fourth-order valence-corrected chi connectivity index (χ4v) is 3.15. The molecular weight excluding hydrogens is 278 g/mol. The molecule has 2 N–H and O–H groups in total. The molecule has 0 radical (unpaired) electrons. The lowest BCUT2D eigenvalue weighted by molar-refractivity contribution is 0.705. The number of benzene rings is 1. The molecule has 0 spiro atoms. The van der Waals surface area contributed by atoms with Crippen LogP contribution in [-0.4, -0.2) is 9.55 Å². The minimum absolute atomic E-state index is 0.738. The topological polar surface area (TPSA) is 43.8 Å². The minimum atomic E-state index is 0.738. The molecule has 98 valence electrons. The number of rotatable bonds is 3. The van der Waals surface area contributed by atoms with Crippen molar-refractivity contribution in [2.45, 2.75) is 19.9 Å². The zero-order valence-electron chi connectivity index (χ0n) is 10.6. The molecule has 0 atom stereocenters. The summed E-state index contributed by atoms with van der Waals surface area (Å²) < 4.78 is 2.21. The first-order valence-electron chi connectivity index (χ1n) is 6.20. The number of hydrogen-bond donors (Lipinski definition) is 1. The van der Waals surface area contributed by atoms with Gasteiger partial charge in [0.1, 0.15) is 0 Å². The second-order valence-corrected chi connectivity index (χ2v) is 5.97. The monoisotopic (exact) mass is 291 g/mol. The van der Waals surface area contributed by atoms with Crippen LogP contribution in [0.4, 0.5) is 5.00 Å². The molecule has 2 heterocycles. The van der Waals surface area contributed by atoms with Crippen LogP contribution in [0.3, 0.4) is 0 Å². The van der Waals surface area contributed by atoms with Gasteiger partial charge in [-0.1, -0.05) is 18.5 Å². The molecule has 0 amide bonds. The van der Waals surface area contributed by atoms with Crippen molar-refractivity contribution in [3.05, 3.63) is 35.4 Å². The van der Waals surface area contributed by atoms with E-state index >= 15 is 0 Å². The van der Waals surface area contributed by atoms with Crippen LogP contribution in [0.15, 0.2) is 30.3 Å². The highest BCUT2D eigenvalue weighted by Gasteiger charge is 2.13. The molecule has 0 saturated heterocycles. The standard InChI is InChI=1S/C14H14ClN3S/c1-2-7-18-11-8-9(15)3-4-10(11)17-14(18)12-5-6-13(16)19-12/h3-6,8H,2,7,16H2,1H3.